The van der Waals surface area contributed by atoms with E-state index in [1.807, 2.05) is 0 Å². The van der Waals surface area contributed by atoms with Gasteiger partial charge in [0.25, 0.3) is 0 Å². The molecule has 3 atom stereocenters. The van der Waals surface area contributed by atoms with Gasteiger partial charge in [0.15, 0.2) is 0 Å². The van der Waals surface area contributed by atoms with E-state index in [2.05, 4.69) is 19.2 Å². The van der Waals surface area contributed by atoms with Gasteiger partial charge >= 0.3 is 0 Å². The van der Waals surface area contributed by atoms with Crippen molar-refractivity contribution in [3.05, 3.63) is 0 Å². The topological polar surface area (TPSA) is 49.3 Å². The Morgan fingerprint density at radius 3 is 2.71 bits per heavy atom. The molecule has 1 fully saturated rings. The molecule has 0 bridgehead atoms. The molecule has 1 aliphatic rings. The Morgan fingerprint density at radius 2 is 2.29 bits per heavy atom. The Kier molecular flexibility index (Phi) is 4.39. The van der Waals surface area contributed by atoms with E-state index in [9.17, 15) is 4.79 Å². The van der Waals surface area contributed by atoms with Gasteiger partial charge in [-0.3, -0.25) is 4.79 Å². The molecule has 3 nitrogen and oxygen atoms in total. The number of hydrogen-bond acceptors (Lipinski definition) is 2. The number of carbonyl (C=O) groups excluding carboxylic acids is 1. The first-order valence-electron chi connectivity index (χ1n) is 5.57. The molecule has 1 rings (SSSR count). The van der Waals surface area contributed by atoms with E-state index in [0.717, 1.165) is 25.8 Å². The van der Waals surface area contributed by atoms with E-state index in [4.69, 9.17) is 5.11 Å². The van der Waals surface area contributed by atoms with Crippen molar-refractivity contribution < 1.29 is 9.90 Å². The van der Waals surface area contributed by atoms with Crippen molar-refractivity contribution in [3.63, 3.8) is 0 Å². The van der Waals surface area contributed by atoms with Crippen LogP contribution in [0.5, 0.6) is 0 Å². The summed E-state index contributed by atoms with van der Waals surface area (Å²) in [5.74, 6) is 1.47. The van der Waals surface area contributed by atoms with Gasteiger partial charge in [0.05, 0.1) is 0 Å². The van der Waals surface area contributed by atoms with Crippen molar-refractivity contribution in [2.75, 3.05) is 13.2 Å². The number of hydrogen-bond donors (Lipinski definition) is 2. The summed E-state index contributed by atoms with van der Waals surface area (Å²) in [7, 11) is 0. The molecule has 1 amide bonds. The number of aliphatic hydroxyl groups excluding tert-OH is 1. The van der Waals surface area contributed by atoms with E-state index in [1.165, 1.54) is 0 Å². The molecule has 0 aromatic rings. The molecule has 0 aromatic heterocycles. The predicted molar refractivity (Wildman–Crippen MR) is 55.8 cm³/mol. The van der Waals surface area contributed by atoms with Crippen LogP contribution in [-0.4, -0.2) is 24.2 Å². The van der Waals surface area contributed by atoms with Crippen molar-refractivity contribution >= 4 is 5.91 Å². The monoisotopic (exact) mass is 199 g/mol. The molecule has 0 saturated heterocycles. The van der Waals surface area contributed by atoms with Crippen LogP contribution >= 0.6 is 0 Å². The molecule has 0 spiro atoms. The van der Waals surface area contributed by atoms with Gasteiger partial charge in [0, 0.05) is 19.1 Å². The van der Waals surface area contributed by atoms with Crippen LogP contribution in [0.1, 0.15) is 33.1 Å². The van der Waals surface area contributed by atoms with E-state index < -0.39 is 0 Å². The fourth-order valence-electron chi connectivity index (χ4n) is 1.70. The molecular formula is C11H21NO2. The summed E-state index contributed by atoms with van der Waals surface area (Å²) >= 11 is 0. The van der Waals surface area contributed by atoms with Crippen LogP contribution in [0.25, 0.3) is 0 Å². The van der Waals surface area contributed by atoms with E-state index in [0.29, 0.717) is 11.8 Å². The third-order valence-electron chi connectivity index (χ3n) is 3.13. The zero-order valence-electron chi connectivity index (χ0n) is 9.12. The highest BCUT2D eigenvalue weighted by Crippen LogP contribution is 2.37. The van der Waals surface area contributed by atoms with Gasteiger partial charge in [0.2, 0.25) is 5.91 Å². The molecule has 1 saturated carbocycles. The van der Waals surface area contributed by atoms with E-state index in [1.54, 1.807) is 0 Å². The maximum absolute atomic E-state index is 11.5. The molecule has 14 heavy (non-hydrogen) atoms. The number of aliphatic hydroxyl groups is 1. The minimum absolute atomic E-state index is 0.203. The minimum atomic E-state index is 0.203. The molecular weight excluding hydrogens is 178 g/mol. The first kappa shape index (κ1) is 11.5. The number of carbonyl (C=O) groups is 1. The molecule has 1 aliphatic carbocycles. The lowest BCUT2D eigenvalue weighted by molar-refractivity contribution is -0.122. The smallest absolute Gasteiger partial charge is 0.223 e. The van der Waals surface area contributed by atoms with E-state index >= 15 is 0 Å². The Balaban J connectivity index is 2.14. The predicted octanol–water partition coefficient (Wildman–Crippen LogP) is 1.17. The van der Waals surface area contributed by atoms with Crippen molar-refractivity contribution in [2.24, 2.45) is 17.8 Å². The molecule has 0 aliphatic heterocycles. The largest absolute Gasteiger partial charge is 0.396 e. The highest BCUT2D eigenvalue weighted by molar-refractivity contribution is 5.81. The highest BCUT2D eigenvalue weighted by atomic mass is 16.3. The van der Waals surface area contributed by atoms with Gasteiger partial charge < -0.3 is 10.4 Å². The summed E-state index contributed by atoms with van der Waals surface area (Å²) in [5.41, 5.74) is 0. The van der Waals surface area contributed by atoms with Crippen molar-refractivity contribution in [2.45, 2.75) is 33.1 Å². The second-order valence-corrected chi connectivity index (χ2v) is 4.35. The Labute approximate surface area is 85.9 Å². The third-order valence-corrected chi connectivity index (χ3v) is 3.13. The minimum Gasteiger partial charge on any atom is -0.396 e. The summed E-state index contributed by atoms with van der Waals surface area (Å²) in [6.45, 7) is 5.13. The zero-order valence-corrected chi connectivity index (χ0v) is 9.12. The average Bonchev–Trinajstić information content (AvgIpc) is 2.89. The zero-order chi connectivity index (χ0) is 10.6. The van der Waals surface area contributed by atoms with Gasteiger partial charge in [-0.05, 0) is 24.7 Å². The molecule has 3 unspecified atom stereocenters. The normalized spacial score (nSPS) is 27.1. The van der Waals surface area contributed by atoms with Crippen LogP contribution in [0.4, 0.5) is 0 Å². The van der Waals surface area contributed by atoms with Crippen LogP contribution < -0.4 is 5.32 Å². The van der Waals surface area contributed by atoms with Crippen LogP contribution in [0.2, 0.25) is 0 Å². The molecule has 2 N–H and O–H groups in total. The summed E-state index contributed by atoms with van der Waals surface area (Å²) < 4.78 is 0. The second-order valence-electron chi connectivity index (χ2n) is 4.35. The second kappa shape index (κ2) is 5.35. The average molecular weight is 199 g/mol. The Hall–Kier alpha value is -0.570. The first-order chi connectivity index (χ1) is 6.69. The van der Waals surface area contributed by atoms with Crippen LogP contribution in [0, 0.1) is 17.8 Å². The van der Waals surface area contributed by atoms with Gasteiger partial charge in [-0.25, -0.2) is 0 Å². The molecule has 0 radical (unpaired) electrons. The maximum atomic E-state index is 11.5. The molecule has 0 heterocycles. The van der Waals surface area contributed by atoms with Gasteiger partial charge in [-0.15, -0.1) is 0 Å². The van der Waals surface area contributed by atoms with Crippen LogP contribution in [0.3, 0.4) is 0 Å². The van der Waals surface area contributed by atoms with Crippen LogP contribution in [0.15, 0.2) is 0 Å². The fourth-order valence-corrected chi connectivity index (χ4v) is 1.70. The van der Waals surface area contributed by atoms with Gasteiger partial charge in [0.1, 0.15) is 0 Å². The number of amides is 1. The van der Waals surface area contributed by atoms with E-state index in [-0.39, 0.29) is 18.4 Å². The SMILES string of the molecule is CCC(CCO)CNC(=O)C1CC1C. The Morgan fingerprint density at radius 1 is 1.64 bits per heavy atom. The quantitative estimate of drug-likeness (QED) is 0.674. The van der Waals surface area contributed by atoms with Crippen molar-refractivity contribution in [1.29, 1.82) is 0 Å². The van der Waals surface area contributed by atoms with Crippen molar-refractivity contribution in [3.8, 4) is 0 Å². The van der Waals surface area contributed by atoms with Crippen LogP contribution in [-0.2, 0) is 4.79 Å². The lowest BCUT2D eigenvalue weighted by Gasteiger charge is -2.14. The lowest BCUT2D eigenvalue weighted by atomic mass is 10.0. The number of rotatable bonds is 6. The lowest BCUT2D eigenvalue weighted by Crippen LogP contribution is -2.31. The Bertz CT molecular complexity index is 194. The third kappa shape index (κ3) is 3.29. The summed E-state index contributed by atoms with van der Waals surface area (Å²) in [6, 6.07) is 0. The highest BCUT2D eigenvalue weighted by Gasteiger charge is 2.38. The summed E-state index contributed by atoms with van der Waals surface area (Å²) in [4.78, 5) is 11.5. The summed E-state index contributed by atoms with van der Waals surface area (Å²) in [5, 5.41) is 11.7. The number of nitrogens with one attached hydrogen (secondary N) is 1. The fraction of sp³-hybridized carbons (Fsp3) is 0.909. The van der Waals surface area contributed by atoms with Gasteiger partial charge in [-0.2, -0.15) is 0 Å². The van der Waals surface area contributed by atoms with Crippen molar-refractivity contribution in [1.82, 2.24) is 5.32 Å². The molecule has 82 valence electrons. The maximum Gasteiger partial charge on any atom is 0.223 e. The molecule has 3 heteroatoms. The summed E-state index contributed by atoms with van der Waals surface area (Å²) in [6.07, 6.45) is 2.85. The standard InChI is InChI=1S/C11H21NO2/c1-3-9(4-5-13)7-12-11(14)10-6-8(10)2/h8-10,13H,3-7H2,1-2H3,(H,12,14). The van der Waals surface area contributed by atoms with Gasteiger partial charge in [-0.1, -0.05) is 20.3 Å². The molecule has 0 aromatic carbocycles. The first-order valence-corrected chi connectivity index (χ1v) is 5.57.